The van der Waals surface area contributed by atoms with Gasteiger partial charge in [0.05, 0.1) is 5.03 Å². The summed E-state index contributed by atoms with van der Waals surface area (Å²) in [5, 5.41) is 8.59. The molecule has 0 aliphatic carbocycles. The molecule has 0 aliphatic heterocycles. The molecule has 0 aliphatic rings. The van der Waals surface area contributed by atoms with Crippen molar-refractivity contribution in [2.75, 3.05) is 14.1 Å². The Morgan fingerprint density at radius 3 is 2.44 bits per heavy atom. The van der Waals surface area contributed by atoms with Crippen molar-refractivity contribution in [3.05, 3.63) is 18.3 Å². The molecule has 6 nitrogen and oxygen atoms in total. The average Bonchev–Trinajstić information content (AvgIpc) is 2.29. The first kappa shape index (κ1) is 14.9. The fourth-order valence-corrected chi connectivity index (χ4v) is 2.60. The predicted molar refractivity (Wildman–Crippen MR) is 68.1 cm³/mol. The molecule has 0 fully saturated rings. The van der Waals surface area contributed by atoms with Crippen LogP contribution in [0.3, 0.4) is 0 Å². The van der Waals surface area contributed by atoms with Crippen LogP contribution in [0.2, 0.25) is 0 Å². The van der Waals surface area contributed by atoms with Gasteiger partial charge in [-0.25, -0.2) is 17.7 Å². The summed E-state index contributed by atoms with van der Waals surface area (Å²) in [7, 11) is -0.623. The second kappa shape index (κ2) is 5.68. The number of carbonyl (C=O) groups is 1. The summed E-state index contributed by atoms with van der Waals surface area (Å²) in [4.78, 5) is 14.7. The quantitative estimate of drug-likeness (QED) is 0.811. The van der Waals surface area contributed by atoms with Gasteiger partial charge < -0.3 is 5.11 Å². The van der Waals surface area contributed by atoms with Crippen molar-refractivity contribution in [3.63, 3.8) is 0 Å². The van der Waals surface area contributed by atoms with Crippen molar-refractivity contribution in [2.45, 2.75) is 22.1 Å². The highest BCUT2D eigenvalue weighted by molar-refractivity contribution is 8.00. The summed E-state index contributed by atoms with van der Waals surface area (Å²) in [6, 6.07) is 2.92. The number of carboxylic acids is 1. The highest BCUT2D eigenvalue weighted by Gasteiger charge is 2.18. The summed E-state index contributed by atoms with van der Waals surface area (Å²) in [6.45, 7) is 1.54. The second-order valence-electron chi connectivity index (χ2n) is 3.72. The van der Waals surface area contributed by atoms with Gasteiger partial charge in [0.15, 0.2) is 0 Å². The van der Waals surface area contributed by atoms with Gasteiger partial charge in [0.1, 0.15) is 10.1 Å². The van der Waals surface area contributed by atoms with Crippen LogP contribution in [-0.4, -0.2) is 48.1 Å². The number of aliphatic carboxylic acids is 1. The lowest BCUT2D eigenvalue weighted by Gasteiger charge is -2.11. The summed E-state index contributed by atoms with van der Waals surface area (Å²) in [5.74, 6) is -0.938. The number of pyridine rings is 1. The maximum absolute atomic E-state index is 11.8. The Kier molecular flexibility index (Phi) is 4.71. The first-order chi connectivity index (χ1) is 8.25. The third kappa shape index (κ3) is 3.44. The van der Waals surface area contributed by atoms with Crippen LogP contribution in [-0.2, 0) is 14.8 Å². The van der Waals surface area contributed by atoms with Gasteiger partial charge in [-0.2, -0.15) is 0 Å². The van der Waals surface area contributed by atoms with Gasteiger partial charge in [0.25, 0.3) is 0 Å². The van der Waals surface area contributed by atoms with E-state index in [-0.39, 0.29) is 4.90 Å². The van der Waals surface area contributed by atoms with Crippen LogP contribution in [0.1, 0.15) is 6.92 Å². The van der Waals surface area contributed by atoms with Crippen LogP contribution in [0.4, 0.5) is 0 Å². The molecule has 0 spiro atoms. The van der Waals surface area contributed by atoms with E-state index in [2.05, 4.69) is 4.98 Å². The normalized spacial score (nSPS) is 13.6. The van der Waals surface area contributed by atoms with Crippen LogP contribution < -0.4 is 0 Å². The van der Waals surface area contributed by atoms with E-state index in [4.69, 9.17) is 5.11 Å². The zero-order valence-corrected chi connectivity index (χ0v) is 11.8. The van der Waals surface area contributed by atoms with E-state index in [0.717, 1.165) is 16.1 Å². The maximum Gasteiger partial charge on any atom is 0.316 e. The first-order valence-corrected chi connectivity index (χ1v) is 7.35. The molecular formula is C10H14N2O4S2. The zero-order valence-electron chi connectivity index (χ0n) is 10.2. The SMILES string of the molecule is CC(Sc1ccc(S(=O)(=O)N(C)C)cn1)C(=O)O. The molecule has 0 saturated carbocycles. The van der Waals surface area contributed by atoms with Crippen molar-refractivity contribution in [1.82, 2.24) is 9.29 Å². The maximum atomic E-state index is 11.8. The number of rotatable bonds is 5. The van der Waals surface area contributed by atoms with Crippen LogP contribution in [0.25, 0.3) is 0 Å². The minimum absolute atomic E-state index is 0.0832. The number of carboxylic acid groups (broad SMARTS) is 1. The monoisotopic (exact) mass is 290 g/mol. The molecule has 18 heavy (non-hydrogen) atoms. The highest BCUT2D eigenvalue weighted by Crippen LogP contribution is 2.22. The lowest BCUT2D eigenvalue weighted by atomic mass is 10.5. The standard InChI is InChI=1S/C10H14N2O4S2/c1-7(10(13)14)17-9-5-4-8(6-11-9)18(15,16)12(2)3/h4-7H,1-3H3,(H,13,14). The third-order valence-electron chi connectivity index (χ3n) is 2.13. The molecular weight excluding hydrogens is 276 g/mol. The van der Waals surface area contributed by atoms with Crippen LogP contribution >= 0.6 is 11.8 Å². The number of hydrogen-bond acceptors (Lipinski definition) is 5. The van der Waals surface area contributed by atoms with E-state index in [1.165, 1.54) is 32.4 Å². The molecule has 0 bridgehead atoms. The van der Waals surface area contributed by atoms with Crippen molar-refractivity contribution < 1.29 is 18.3 Å². The van der Waals surface area contributed by atoms with Crippen molar-refractivity contribution in [1.29, 1.82) is 0 Å². The molecule has 1 N–H and O–H groups in total. The second-order valence-corrected chi connectivity index (χ2v) is 7.23. The van der Waals surface area contributed by atoms with E-state index < -0.39 is 21.2 Å². The largest absolute Gasteiger partial charge is 0.480 e. The lowest BCUT2D eigenvalue weighted by molar-refractivity contribution is -0.136. The van der Waals surface area contributed by atoms with Crippen LogP contribution in [0, 0.1) is 0 Å². The van der Waals surface area contributed by atoms with Crippen molar-refractivity contribution in [2.24, 2.45) is 0 Å². The van der Waals surface area contributed by atoms with E-state index in [9.17, 15) is 13.2 Å². The number of nitrogens with zero attached hydrogens (tertiary/aromatic N) is 2. The first-order valence-electron chi connectivity index (χ1n) is 5.03. The Morgan fingerprint density at radius 2 is 2.06 bits per heavy atom. The molecule has 1 aromatic rings. The van der Waals surface area contributed by atoms with Gasteiger partial charge >= 0.3 is 5.97 Å². The zero-order chi connectivity index (χ0) is 13.9. The van der Waals surface area contributed by atoms with Gasteiger partial charge in [0.2, 0.25) is 10.0 Å². The van der Waals surface area contributed by atoms with Gasteiger partial charge in [-0.05, 0) is 19.1 Å². The number of aromatic nitrogens is 1. The van der Waals surface area contributed by atoms with Gasteiger partial charge in [-0.3, -0.25) is 4.79 Å². The molecule has 1 rings (SSSR count). The Morgan fingerprint density at radius 1 is 1.44 bits per heavy atom. The minimum Gasteiger partial charge on any atom is -0.480 e. The Bertz CT molecular complexity index is 525. The van der Waals surface area contributed by atoms with Crippen molar-refractivity contribution in [3.8, 4) is 0 Å². The van der Waals surface area contributed by atoms with E-state index in [1.54, 1.807) is 6.92 Å². The number of thioether (sulfide) groups is 1. The molecule has 1 heterocycles. The molecule has 1 unspecified atom stereocenters. The van der Waals surface area contributed by atoms with E-state index >= 15 is 0 Å². The Labute approximate surface area is 110 Å². The smallest absolute Gasteiger partial charge is 0.316 e. The summed E-state index contributed by atoms with van der Waals surface area (Å²) in [5.41, 5.74) is 0. The average molecular weight is 290 g/mol. The van der Waals surface area contributed by atoms with E-state index in [0.29, 0.717) is 5.03 Å². The number of sulfonamides is 1. The number of hydrogen-bond donors (Lipinski definition) is 1. The third-order valence-corrected chi connectivity index (χ3v) is 4.97. The van der Waals surface area contributed by atoms with Gasteiger partial charge in [0, 0.05) is 20.3 Å². The van der Waals surface area contributed by atoms with E-state index in [1.807, 2.05) is 0 Å². The summed E-state index contributed by atoms with van der Waals surface area (Å²) >= 11 is 1.06. The molecule has 0 radical (unpaired) electrons. The predicted octanol–water partition coefficient (Wildman–Crippen LogP) is 0.897. The molecule has 8 heteroatoms. The summed E-state index contributed by atoms with van der Waals surface area (Å²) < 4.78 is 24.6. The fourth-order valence-electron chi connectivity index (χ4n) is 1.03. The van der Waals surface area contributed by atoms with Crippen LogP contribution in [0.15, 0.2) is 28.3 Å². The Hall–Kier alpha value is -1.12. The minimum atomic E-state index is -3.49. The Balaban J connectivity index is 2.91. The fraction of sp³-hybridized carbons (Fsp3) is 0.400. The molecule has 1 aromatic heterocycles. The van der Waals surface area contributed by atoms with Crippen LogP contribution in [0.5, 0.6) is 0 Å². The van der Waals surface area contributed by atoms with Gasteiger partial charge in [-0.1, -0.05) is 11.8 Å². The molecule has 100 valence electrons. The van der Waals surface area contributed by atoms with Gasteiger partial charge in [-0.15, -0.1) is 0 Å². The van der Waals surface area contributed by atoms with Crippen molar-refractivity contribution >= 4 is 27.8 Å². The molecule has 0 aromatic carbocycles. The summed E-state index contributed by atoms with van der Waals surface area (Å²) in [6.07, 6.45) is 1.23. The molecule has 1 atom stereocenters. The lowest BCUT2D eigenvalue weighted by Crippen LogP contribution is -2.22. The highest BCUT2D eigenvalue weighted by atomic mass is 32.2. The molecule has 0 saturated heterocycles. The topological polar surface area (TPSA) is 87.6 Å². The molecule has 0 amide bonds.